The summed E-state index contributed by atoms with van der Waals surface area (Å²) in [5.41, 5.74) is 11.5. The molecule has 0 unspecified atom stereocenters. The van der Waals surface area contributed by atoms with Gasteiger partial charge in [0.05, 0.1) is 34.4 Å². The lowest BCUT2D eigenvalue weighted by Gasteiger charge is -2.10. The van der Waals surface area contributed by atoms with Gasteiger partial charge in [0, 0.05) is 30.7 Å². The molecule has 0 bridgehead atoms. The Labute approximate surface area is 142 Å². The number of benzene rings is 2. The molecule has 0 heterocycles. The second-order valence-corrected chi connectivity index (χ2v) is 5.01. The highest BCUT2D eigenvalue weighted by Crippen LogP contribution is 2.27. The Morgan fingerprint density at radius 1 is 0.800 bits per heavy atom. The van der Waals surface area contributed by atoms with Crippen molar-refractivity contribution in [2.75, 3.05) is 24.7 Å². The summed E-state index contributed by atoms with van der Waals surface area (Å²) in [5, 5.41) is 21.3. The van der Waals surface area contributed by atoms with E-state index in [1.807, 2.05) is 0 Å². The molecule has 0 atom stereocenters. The molecule has 2 aromatic rings. The SMILES string of the molecule is Nc1cc([N+](=O)[O-])ccc1OCCCOc1ccc([N+](=O)[O-])cc1N. The van der Waals surface area contributed by atoms with Gasteiger partial charge in [-0.25, -0.2) is 0 Å². The lowest BCUT2D eigenvalue weighted by molar-refractivity contribution is -0.385. The van der Waals surface area contributed by atoms with E-state index in [0.29, 0.717) is 17.9 Å². The molecule has 0 aliphatic carbocycles. The third kappa shape index (κ3) is 4.70. The van der Waals surface area contributed by atoms with Crippen LogP contribution in [0.3, 0.4) is 0 Å². The van der Waals surface area contributed by atoms with E-state index >= 15 is 0 Å². The molecular formula is C15H16N4O6. The van der Waals surface area contributed by atoms with Gasteiger partial charge in [-0.2, -0.15) is 0 Å². The number of hydrogen-bond acceptors (Lipinski definition) is 8. The normalized spacial score (nSPS) is 10.2. The molecule has 0 saturated carbocycles. The van der Waals surface area contributed by atoms with Crippen LogP contribution in [0, 0.1) is 20.2 Å². The van der Waals surface area contributed by atoms with Gasteiger partial charge in [0.2, 0.25) is 0 Å². The Bertz CT molecular complexity index is 730. The molecule has 0 radical (unpaired) electrons. The van der Waals surface area contributed by atoms with Gasteiger partial charge in [-0.15, -0.1) is 0 Å². The van der Waals surface area contributed by atoms with Gasteiger partial charge < -0.3 is 20.9 Å². The Hall–Kier alpha value is -3.56. The van der Waals surface area contributed by atoms with Crippen LogP contribution < -0.4 is 20.9 Å². The van der Waals surface area contributed by atoms with Gasteiger partial charge in [-0.05, 0) is 12.1 Å². The predicted octanol–water partition coefficient (Wildman–Crippen LogP) is 2.52. The summed E-state index contributed by atoms with van der Waals surface area (Å²) in [4.78, 5) is 20.2. The van der Waals surface area contributed by atoms with Crippen molar-refractivity contribution in [1.82, 2.24) is 0 Å². The van der Waals surface area contributed by atoms with E-state index < -0.39 is 9.85 Å². The quantitative estimate of drug-likeness (QED) is 0.319. The van der Waals surface area contributed by atoms with Crippen molar-refractivity contribution in [2.24, 2.45) is 0 Å². The largest absolute Gasteiger partial charge is 0.491 e. The molecule has 132 valence electrons. The molecule has 0 aromatic heterocycles. The van der Waals surface area contributed by atoms with Gasteiger partial charge in [0.1, 0.15) is 11.5 Å². The molecule has 10 nitrogen and oxygen atoms in total. The zero-order valence-electron chi connectivity index (χ0n) is 13.1. The minimum Gasteiger partial charge on any atom is -0.491 e. The van der Waals surface area contributed by atoms with Crippen LogP contribution in [-0.2, 0) is 0 Å². The summed E-state index contributed by atoms with van der Waals surface area (Å²) < 4.78 is 10.9. The van der Waals surface area contributed by atoms with Crippen LogP contribution in [0.1, 0.15) is 6.42 Å². The van der Waals surface area contributed by atoms with Crippen molar-refractivity contribution >= 4 is 22.7 Å². The molecule has 0 amide bonds. The molecule has 4 N–H and O–H groups in total. The van der Waals surface area contributed by atoms with Gasteiger partial charge in [0.15, 0.2) is 0 Å². The Morgan fingerprint density at radius 2 is 1.20 bits per heavy atom. The first-order valence-electron chi connectivity index (χ1n) is 7.22. The Balaban J connectivity index is 1.80. The van der Waals surface area contributed by atoms with Crippen molar-refractivity contribution in [2.45, 2.75) is 6.42 Å². The number of nitrogen functional groups attached to an aromatic ring is 2. The van der Waals surface area contributed by atoms with E-state index in [0.717, 1.165) is 0 Å². The van der Waals surface area contributed by atoms with Crippen LogP contribution in [-0.4, -0.2) is 23.1 Å². The predicted molar refractivity (Wildman–Crippen MR) is 90.6 cm³/mol. The smallest absolute Gasteiger partial charge is 0.271 e. The molecule has 25 heavy (non-hydrogen) atoms. The molecule has 2 rings (SSSR count). The standard InChI is InChI=1S/C15H16N4O6/c16-12-8-10(18(20)21)2-4-14(12)24-6-1-7-25-15-5-3-11(19(22)23)9-13(15)17/h2-5,8-9H,1,6-7,16-17H2. The summed E-state index contributed by atoms with van der Waals surface area (Å²) in [5.74, 6) is 0.695. The number of ether oxygens (including phenoxy) is 2. The van der Waals surface area contributed by atoms with Crippen LogP contribution >= 0.6 is 0 Å². The monoisotopic (exact) mass is 348 g/mol. The average Bonchev–Trinajstić information content (AvgIpc) is 2.56. The zero-order chi connectivity index (χ0) is 18.4. The number of nitrogens with zero attached hydrogens (tertiary/aromatic N) is 2. The summed E-state index contributed by atoms with van der Waals surface area (Å²) in [6.45, 7) is 0.545. The van der Waals surface area contributed by atoms with Crippen molar-refractivity contribution in [3.05, 3.63) is 56.6 Å². The average molecular weight is 348 g/mol. The summed E-state index contributed by atoms with van der Waals surface area (Å²) in [6.07, 6.45) is 0.493. The maximum absolute atomic E-state index is 10.6. The van der Waals surface area contributed by atoms with Crippen LogP contribution in [0.5, 0.6) is 11.5 Å². The van der Waals surface area contributed by atoms with Crippen LogP contribution in [0.2, 0.25) is 0 Å². The number of nitro benzene ring substituents is 2. The Kier molecular flexibility index (Phi) is 5.56. The lowest BCUT2D eigenvalue weighted by Crippen LogP contribution is -2.07. The second-order valence-electron chi connectivity index (χ2n) is 5.01. The third-order valence-electron chi connectivity index (χ3n) is 3.21. The Morgan fingerprint density at radius 3 is 1.52 bits per heavy atom. The molecule has 0 spiro atoms. The van der Waals surface area contributed by atoms with E-state index in [1.165, 1.54) is 36.4 Å². The summed E-state index contributed by atoms with van der Waals surface area (Å²) in [7, 11) is 0. The van der Waals surface area contributed by atoms with Gasteiger partial charge in [-0.3, -0.25) is 20.2 Å². The number of nitro groups is 2. The zero-order valence-corrected chi connectivity index (χ0v) is 13.1. The molecule has 0 saturated heterocycles. The molecular weight excluding hydrogens is 332 g/mol. The van der Waals surface area contributed by atoms with Crippen molar-refractivity contribution < 1.29 is 19.3 Å². The minimum absolute atomic E-state index is 0.109. The summed E-state index contributed by atoms with van der Waals surface area (Å²) in [6, 6.07) is 7.93. The topological polar surface area (TPSA) is 157 Å². The van der Waals surface area contributed by atoms with Crippen LogP contribution in [0.15, 0.2) is 36.4 Å². The number of anilines is 2. The highest BCUT2D eigenvalue weighted by Gasteiger charge is 2.10. The van der Waals surface area contributed by atoms with E-state index in [9.17, 15) is 20.2 Å². The first-order chi connectivity index (χ1) is 11.9. The van der Waals surface area contributed by atoms with Gasteiger partial charge >= 0.3 is 0 Å². The fourth-order valence-corrected chi connectivity index (χ4v) is 1.98. The molecule has 10 heteroatoms. The highest BCUT2D eigenvalue weighted by molar-refractivity contribution is 5.59. The number of nitrogens with two attached hydrogens (primary N) is 2. The first kappa shape index (κ1) is 17.8. The van der Waals surface area contributed by atoms with E-state index in [4.69, 9.17) is 20.9 Å². The van der Waals surface area contributed by atoms with Crippen LogP contribution in [0.4, 0.5) is 22.7 Å². The second kappa shape index (κ2) is 7.81. The minimum atomic E-state index is -0.539. The number of non-ortho nitro benzene ring substituents is 2. The highest BCUT2D eigenvalue weighted by atomic mass is 16.6. The van der Waals surface area contributed by atoms with Gasteiger partial charge in [-0.1, -0.05) is 0 Å². The van der Waals surface area contributed by atoms with Crippen molar-refractivity contribution in [3.63, 3.8) is 0 Å². The van der Waals surface area contributed by atoms with E-state index in [-0.39, 0.29) is 36.0 Å². The maximum atomic E-state index is 10.6. The van der Waals surface area contributed by atoms with Crippen molar-refractivity contribution in [1.29, 1.82) is 0 Å². The fraction of sp³-hybridized carbons (Fsp3) is 0.200. The molecule has 2 aromatic carbocycles. The first-order valence-corrected chi connectivity index (χ1v) is 7.22. The maximum Gasteiger partial charge on any atom is 0.271 e. The molecule has 0 fully saturated rings. The molecule has 0 aliphatic rings. The lowest BCUT2D eigenvalue weighted by atomic mass is 10.2. The van der Waals surface area contributed by atoms with E-state index in [2.05, 4.69) is 0 Å². The number of rotatable bonds is 8. The van der Waals surface area contributed by atoms with Crippen molar-refractivity contribution in [3.8, 4) is 11.5 Å². The number of hydrogen-bond donors (Lipinski definition) is 2. The van der Waals surface area contributed by atoms with Gasteiger partial charge in [0.25, 0.3) is 11.4 Å². The fourth-order valence-electron chi connectivity index (χ4n) is 1.98. The van der Waals surface area contributed by atoms with Crippen LogP contribution in [0.25, 0.3) is 0 Å². The molecule has 0 aliphatic heterocycles. The summed E-state index contributed by atoms with van der Waals surface area (Å²) >= 11 is 0. The van der Waals surface area contributed by atoms with E-state index in [1.54, 1.807) is 0 Å². The third-order valence-corrected chi connectivity index (χ3v) is 3.21.